The molecule has 0 unspecified atom stereocenters. The number of thiophene rings is 1. The molecule has 0 aliphatic carbocycles. The van der Waals surface area contributed by atoms with E-state index in [2.05, 4.69) is 18.0 Å². The molecule has 0 saturated heterocycles. The number of aromatic hydroxyl groups is 1. The number of hydrogen-bond donors (Lipinski definition) is 1. The highest BCUT2D eigenvalue weighted by Gasteiger charge is 2.03. The fraction of sp³-hybridized carbons (Fsp3) is 0.100. The Balaban J connectivity index is 2.47. The number of pyridine rings is 1. The largest absolute Gasteiger partial charge is 0.506 e. The van der Waals surface area contributed by atoms with Gasteiger partial charge in [-0.15, -0.1) is 11.3 Å². The summed E-state index contributed by atoms with van der Waals surface area (Å²) in [5.74, 6) is 0.206. The maximum Gasteiger partial charge on any atom is 0.133 e. The minimum Gasteiger partial charge on any atom is -0.506 e. The Morgan fingerprint density at radius 1 is 1.31 bits per heavy atom. The first-order chi connectivity index (χ1) is 6.27. The lowest BCUT2D eigenvalue weighted by molar-refractivity contribution is 0.473. The van der Waals surface area contributed by atoms with E-state index in [1.54, 1.807) is 17.4 Å². The maximum absolute atomic E-state index is 9.06. The molecule has 0 saturated carbocycles. The van der Waals surface area contributed by atoms with Gasteiger partial charge in [0.1, 0.15) is 5.75 Å². The third kappa shape index (κ3) is 1.55. The lowest BCUT2D eigenvalue weighted by Gasteiger charge is -1.98. The van der Waals surface area contributed by atoms with E-state index in [4.69, 9.17) is 5.11 Å². The van der Waals surface area contributed by atoms with Crippen LogP contribution in [0.25, 0.3) is 10.6 Å². The molecule has 3 heteroatoms. The zero-order valence-electron chi connectivity index (χ0n) is 7.19. The smallest absolute Gasteiger partial charge is 0.133 e. The van der Waals surface area contributed by atoms with E-state index in [0.717, 1.165) is 5.69 Å². The molecule has 2 rings (SSSR count). The summed E-state index contributed by atoms with van der Waals surface area (Å²) in [5.41, 5.74) is 2.15. The molecule has 2 nitrogen and oxygen atoms in total. The van der Waals surface area contributed by atoms with E-state index in [9.17, 15) is 0 Å². The van der Waals surface area contributed by atoms with Gasteiger partial charge in [0.2, 0.25) is 0 Å². The van der Waals surface area contributed by atoms with Crippen LogP contribution in [0.5, 0.6) is 5.75 Å². The SMILES string of the molecule is Cc1ccsc1-c1ccc(O)cn1. The normalized spacial score (nSPS) is 10.2. The quantitative estimate of drug-likeness (QED) is 0.751. The average Bonchev–Trinajstić information content (AvgIpc) is 2.53. The van der Waals surface area contributed by atoms with Gasteiger partial charge in [-0.05, 0) is 36.1 Å². The Morgan fingerprint density at radius 2 is 2.15 bits per heavy atom. The van der Waals surface area contributed by atoms with Crippen molar-refractivity contribution in [3.8, 4) is 16.3 Å². The molecular formula is C10H9NOS. The van der Waals surface area contributed by atoms with E-state index >= 15 is 0 Å². The van der Waals surface area contributed by atoms with Gasteiger partial charge in [0.15, 0.2) is 0 Å². The fourth-order valence-electron chi connectivity index (χ4n) is 1.16. The number of rotatable bonds is 1. The fourth-order valence-corrected chi connectivity index (χ4v) is 2.06. The molecule has 1 N–H and O–H groups in total. The highest BCUT2D eigenvalue weighted by atomic mass is 32.1. The second-order valence-electron chi connectivity index (χ2n) is 2.83. The van der Waals surface area contributed by atoms with Crippen LogP contribution in [0, 0.1) is 6.92 Å². The lowest BCUT2D eigenvalue weighted by Crippen LogP contribution is -1.80. The molecule has 0 aliphatic rings. The summed E-state index contributed by atoms with van der Waals surface area (Å²) in [5, 5.41) is 11.1. The Hall–Kier alpha value is -1.35. The first-order valence-corrected chi connectivity index (χ1v) is 4.85. The van der Waals surface area contributed by atoms with Crippen molar-refractivity contribution in [2.75, 3.05) is 0 Å². The molecule has 66 valence electrons. The molecule has 2 heterocycles. The Morgan fingerprint density at radius 3 is 2.69 bits per heavy atom. The van der Waals surface area contributed by atoms with Gasteiger partial charge in [-0.2, -0.15) is 0 Å². The van der Waals surface area contributed by atoms with Crippen molar-refractivity contribution in [3.63, 3.8) is 0 Å². The number of aryl methyl sites for hydroxylation is 1. The highest BCUT2D eigenvalue weighted by Crippen LogP contribution is 2.27. The van der Waals surface area contributed by atoms with Crippen LogP contribution in [0.2, 0.25) is 0 Å². The van der Waals surface area contributed by atoms with Gasteiger partial charge in [0, 0.05) is 0 Å². The Kier molecular flexibility index (Phi) is 2.02. The van der Waals surface area contributed by atoms with Crippen molar-refractivity contribution in [1.29, 1.82) is 0 Å². The van der Waals surface area contributed by atoms with Crippen LogP contribution in [0.15, 0.2) is 29.8 Å². The van der Waals surface area contributed by atoms with Crippen LogP contribution < -0.4 is 0 Å². The molecule has 2 aromatic rings. The average molecular weight is 191 g/mol. The molecule has 0 spiro atoms. The third-order valence-corrected chi connectivity index (χ3v) is 2.88. The number of hydrogen-bond acceptors (Lipinski definition) is 3. The number of aromatic nitrogens is 1. The minimum absolute atomic E-state index is 0.206. The van der Waals surface area contributed by atoms with Crippen molar-refractivity contribution < 1.29 is 5.11 Å². The third-order valence-electron chi connectivity index (χ3n) is 1.84. The standard InChI is InChI=1S/C10H9NOS/c1-7-4-5-13-10(7)9-3-2-8(12)6-11-9/h2-6,12H,1H3. The van der Waals surface area contributed by atoms with Crippen LogP contribution in [-0.2, 0) is 0 Å². The van der Waals surface area contributed by atoms with Gasteiger partial charge in [-0.1, -0.05) is 0 Å². The summed E-state index contributed by atoms with van der Waals surface area (Å²) < 4.78 is 0. The van der Waals surface area contributed by atoms with Crippen LogP contribution in [0.3, 0.4) is 0 Å². The monoisotopic (exact) mass is 191 g/mol. The van der Waals surface area contributed by atoms with Gasteiger partial charge in [-0.25, -0.2) is 0 Å². The van der Waals surface area contributed by atoms with E-state index < -0.39 is 0 Å². The highest BCUT2D eigenvalue weighted by molar-refractivity contribution is 7.13. The molecule has 0 atom stereocenters. The summed E-state index contributed by atoms with van der Waals surface area (Å²) in [7, 11) is 0. The molecule has 0 amide bonds. The predicted octanol–water partition coefficient (Wildman–Crippen LogP) is 2.82. The minimum atomic E-state index is 0.206. The predicted molar refractivity (Wildman–Crippen MR) is 54.0 cm³/mol. The van der Waals surface area contributed by atoms with Crippen LogP contribution in [0.1, 0.15) is 5.56 Å². The van der Waals surface area contributed by atoms with Gasteiger partial charge in [-0.3, -0.25) is 4.98 Å². The van der Waals surface area contributed by atoms with E-state index in [-0.39, 0.29) is 5.75 Å². The van der Waals surface area contributed by atoms with E-state index in [1.807, 2.05) is 11.4 Å². The topological polar surface area (TPSA) is 33.1 Å². The summed E-state index contributed by atoms with van der Waals surface area (Å²) in [6.07, 6.45) is 1.47. The second kappa shape index (κ2) is 3.18. The van der Waals surface area contributed by atoms with E-state index in [1.165, 1.54) is 16.6 Å². The molecule has 0 radical (unpaired) electrons. The van der Waals surface area contributed by atoms with Gasteiger partial charge < -0.3 is 5.11 Å². The lowest BCUT2D eigenvalue weighted by atomic mass is 10.2. The summed E-state index contributed by atoms with van der Waals surface area (Å²) in [4.78, 5) is 5.31. The first kappa shape index (κ1) is 8.26. The van der Waals surface area contributed by atoms with Crippen LogP contribution >= 0.6 is 11.3 Å². The molecule has 2 aromatic heterocycles. The van der Waals surface area contributed by atoms with Crippen molar-refractivity contribution in [2.24, 2.45) is 0 Å². The first-order valence-electron chi connectivity index (χ1n) is 3.97. The van der Waals surface area contributed by atoms with Crippen molar-refractivity contribution >= 4 is 11.3 Å². The Bertz CT molecular complexity index is 405. The molecule has 0 aliphatic heterocycles. The summed E-state index contributed by atoms with van der Waals surface area (Å²) >= 11 is 1.66. The van der Waals surface area contributed by atoms with Gasteiger partial charge >= 0.3 is 0 Å². The van der Waals surface area contributed by atoms with Gasteiger partial charge in [0.05, 0.1) is 16.8 Å². The van der Waals surface area contributed by atoms with Crippen LogP contribution in [-0.4, -0.2) is 10.1 Å². The molecular weight excluding hydrogens is 182 g/mol. The molecule has 0 aromatic carbocycles. The number of nitrogens with zero attached hydrogens (tertiary/aromatic N) is 1. The molecule has 0 fully saturated rings. The van der Waals surface area contributed by atoms with Crippen molar-refractivity contribution in [1.82, 2.24) is 4.98 Å². The molecule has 13 heavy (non-hydrogen) atoms. The molecule has 0 bridgehead atoms. The summed E-state index contributed by atoms with van der Waals surface area (Å²) in [6, 6.07) is 5.55. The van der Waals surface area contributed by atoms with Crippen molar-refractivity contribution in [3.05, 3.63) is 35.3 Å². The summed E-state index contributed by atoms with van der Waals surface area (Å²) in [6.45, 7) is 2.06. The second-order valence-corrected chi connectivity index (χ2v) is 3.75. The zero-order chi connectivity index (χ0) is 9.26. The maximum atomic E-state index is 9.06. The van der Waals surface area contributed by atoms with Crippen LogP contribution in [0.4, 0.5) is 0 Å². The van der Waals surface area contributed by atoms with E-state index in [0.29, 0.717) is 0 Å². The van der Waals surface area contributed by atoms with Crippen molar-refractivity contribution in [2.45, 2.75) is 6.92 Å². The Labute approximate surface area is 80.5 Å². The van der Waals surface area contributed by atoms with Gasteiger partial charge in [0.25, 0.3) is 0 Å². The zero-order valence-corrected chi connectivity index (χ0v) is 8.01.